The first-order chi connectivity index (χ1) is 9.65. The van der Waals surface area contributed by atoms with Crippen molar-refractivity contribution in [2.75, 3.05) is 38.2 Å². The van der Waals surface area contributed by atoms with Gasteiger partial charge >= 0.3 is 0 Å². The number of nitrogens with one attached hydrogen (secondary N) is 1. The van der Waals surface area contributed by atoms with Crippen molar-refractivity contribution in [1.29, 1.82) is 0 Å². The second-order valence-electron chi connectivity index (χ2n) is 5.87. The molecule has 1 unspecified atom stereocenters. The van der Waals surface area contributed by atoms with Crippen molar-refractivity contribution < 1.29 is 4.74 Å². The number of nitrogens with two attached hydrogens (primary N) is 1. The molecule has 1 aromatic carbocycles. The van der Waals surface area contributed by atoms with Crippen LogP contribution in [-0.4, -0.2) is 43.8 Å². The fourth-order valence-corrected chi connectivity index (χ4v) is 2.22. The van der Waals surface area contributed by atoms with E-state index in [9.17, 15) is 0 Å². The third-order valence-electron chi connectivity index (χ3n) is 3.86. The highest BCUT2D eigenvalue weighted by Crippen LogP contribution is 2.13. The summed E-state index contributed by atoms with van der Waals surface area (Å²) in [5.74, 6) is 0.503. The summed E-state index contributed by atoms with van der Waals surface area (Å²) < 4.78 is 5.37. The molecule has 1 saturated heterocycles. The third-order valence-corrected chi connectivity index (χ3v) is 3.86. The normalized spacial score (nSPS) is 18.2. The number of anilines is 1. The SMILES string of the molecule is CC(C)C(N)CNc1ccc(CN2CCOCC2)cc1. The Labute approximate surface area is 122 Å². The summed E-state index contributed by atoms with van der Waals surface area (Å²) in [5, 5.41) is 3.40. The molecule has 112 valence electrons. The number of morpholine rings is 1. The third kappa shape index (κ3) is 4.78. The maximum absolute atomic E-state index is 6.04. The van der Waals surface area contributed by atoms with Crippen LogP contribution in [0.15, 0.2) is 24.3 Å². The van der Waals surface area contributed by atoms with E-state index in [-0.39, 0.29) is 6.04 Å². The van der Waals surface area contributed by atoms with Gasteiger partial charge in [0, 0.05) is 37.9 Å². The zero-order valence-corrected chi connectivity index (χ0v) is 12.6. The Hall–Kier alpha value is -1.10. The molecule has 1 atom stereocenters. The smallest absolute Gasteiger partial charge is 0.0594 e. The molecule has 0 aliphatic carbocycles. The zero-order valence-electron chi connectivity index (χ0n) is 12.6. The average molecular weight is 277 g/mol. The first-order valence-corrected chi connectivity index (χ1v) is 7.53. The van der Waals surface area contributed by atoms with Crippen LogP contribution in [0.25, 0.3) is 0 Å². The molecular formula is C16H27N3O. The van der Waals surface area contributed by atoms with E-state index in [4.69, 9.17) is 10.5 Å². The van der Waals surface area contributed by atoms with Gasteiger partial charge in [0.05, 0.1) is 13.2 Å². The highest BCUT2D eigenvalue weighted by Gasteiger charge is 2.10. The summed E-state index contributed by atoms with van der Waals surface area (Å²) in [6.45, 7) is 9.90. The summed E-state index contributed by atoms with van der Waals surface area (Å²) in [6.07, 6.45) is 0. The Balaban J connectivity index is 1.80. The second-order valence-corrected chi connectivity index (χ2v) is 5.87. The van der Waals surface area contributed by atoms with E-state index in [0.29, 0.717) is 5.92 Å². The van der Waals surface area contributed by atoms with Crippen molar-refractivity contribution in [3.05, 3.63) is 29.8 Å². The topological polar surface area (TPSA) is 50.5 Å². The molecular weight excluding hydrogens is 250 g/mol. The Morgan fingerprint density at radius 1 is 1.20 bits per heavy atom. The molecule has 2 rings (SSSR count). The monoisotopic (exact) mass is 277 g/mol. The van der Waals surface area contributed by atoms with Crippen LogP contribution < -0.4 is 11.1 Å². The molecule has 0 aromatic heterocycles. The number of hydrogen-bond acceptors (Lipinski definition) is 4. The number of benzene rings is 1. The van der Waals surface area contributed by atoms with Crippen molar-refractivity contribution in [3.63, 3.8) is 0 Å². The van der Waals surface area contributed by atoms with E-state index < -0.39 is 0 Å². The second kappa shape index (κ2) is 7.62. The zero-order chi connectivity index (χ0) is 14.4. The standard InChI is InChI=1S/C16H27N3O/c1-13(2)16(17)11-18-15-5-3-14(4-6-15)12-19-7-9-20-10-8-19/h3-6,13,16,18H,7-12,17H2,1-2H3. The lowest BCUT2D eigenvalue weighted by Crippen LogP contribution is -2.35. The van der Waals surface area contributed by atoms with Crippen LogP contribution in [0.2, 0.25) is 0 Å². The molecule has 0 bridgehead atoms. The van der Waals surface area contributed by atoms with Crippen molar-refractivity contribution >= 4 is 5.69 Å². The Morgan fingerprint density at radius 2 is 1.85 bits per heavy atom. The molecule has 1 fully saturated rings. The lowest BCUT2D eigenvalue weighted by molar-refractivity contribution is 0.0342. The Kier molecular flexibility index (Phi) is 5.83. The molecule has 1 aliphatic heterocycles. The van der Waals surface area contributed by atoms with Crippen molar-refractivity contribution in [1.82, 2.24) is 4.90 Å². The fourth-order valence-electron chi connectivity index (χ4n) is 2.22. The Morgan fingerprint density at radius 3 is 2.45 bits per heavy atom. The lowest BCUT2D eigenvalue weighted by atomic mass is 10.1. The van der Waals surface area contributed by atoms with Crippen molar-refractivity contribution in [3.8, 4) is 0 Å². The van der Waals surface area contributed by atoms with E-state index >= 15 is 0 Å². The van der Waals surface area contributed by atoms with E-state index in [2.05, 4.69) is 48.3 Å². The molecule has 4 nitrogen and oxygen atoms in total. The van der Waals surface area contributed by atoms with Crippen LogP contribution in [0.3, 0.4) is 0 Å². The highest BCUT2D eigenvalue weighted by atomic mass is 16.5. The molecule has 0 radical (unpaired) electrons. The summed E-state index contributed by atoms with van der Waals surface area (Å²) in [5.41, 5.74) is 8.53. The van der Waals surface area contributed by atoms with Gasteiger partial charge in [0.15, 0.2) is 0 Å². The van der Waals surface area contributed by atoms with E-state index in [1.807, 2.05) is 0 Å². The van der Waals surface area contributed by atoms with Gasteiger partial charge in [-0.2, -0.15) is 0 Å². The fraction of sp³-hybridized carbons (Fsp3) is 0.625. The molecule has 20 heavy (non-hydrogen) atoms. The first kappa shape index (κ1) is 15.3. The first-order valence-electron chi connectivity index (χ1n) is 7.53. The van der Waals surface area contributed by atoms with Crippen LogP contribution >= 0.6 is 0 Å². The quantitative estimate of drug-likeness (QED) is 0.834. The van der Waals surface area contributed by atoms with Gasteiger partial charge in [-0.1, -0.05) is 26.0 Å². The number of nitrogens with zero attached hydrogens (tertiary/aromatic N) is 1. The molecule has 3 N–H and O–H groups in total. The van der Waals surface area contributed by atoms with Crippen molar-refractivity contribution in [2.24, 2.45) is 11.7 Å². The summed E-state index contributed by atoms with van der Waals surface area (Å²) in [6, 6.07) is 8.87. The van der Waals surface area contributed by atoms with Gasteiger partial charge in [-0.3, -0.25) is 4.90 Å². The number of rotatable bonds is 6. The van der Waals surface area contributed by atoms with Gasteiger partial charge in [-0.15, -0.1) is 0 Å². The van der Waals surface area contributed by atoms with E-state index in [1.54, 1.807) is 0 Å². The van der Waals surface area contributed by atoms with Crippen LogP contribution in [-0.2, 0) is 11.3 Å². The number of hydrogen-bond donors (Lipinski definition) is 2. The predicted octanol–water partition coefficient (Wildman–Crippen LogP) is 1.91. The van der Waals surface area contributed by atoms with Gasteiger partial charge in [-0.25, -0.2) is 0 Å². The van der Waals surface area contributed by atoms with Gasteiger partial charge in [0.2, 0.25) is 0 Å². The average Bonchev–Trinajstić information content (AvgIpc) is 2.47. The maximum atomic E-state index is 6.04. The van der Waals surface area contributed by atoms with Gasteiger partial charge in [0.25, 0.3) is 0 Å². The minimum absolute atomic E-state index is 0.197. The van der Waals surface area contributed by atoms with Gasteiger partial charge in [-0.05, 0) is 23.6 Å². The van der Waals surface area contributed by atoms with Gasteiger partial charge < -0.3 is 15.8 Å². The number of ether oxygens (including phenoxy) is 1. The summed E-state index contributed by atoms with van der Waals surface area (Å²) in [7, 11) is 0. The minimum atomic E-state index is 0.197. The molecule has 1 aromatic rings. The summed E-state index contributed by atoms with van der Waals surface area (Å²) >= 11 is 0. The summed E-state index contributed by atoms with van der Waals surface area (Å²) in [4.78, 5) is 2.43. The molecule has 1 aliphatic rings. The van der Waals surface area contributed by atoms with Crippen molar-refractivity contribution in [2.45, 2.75) is 26.4 Å². The van der Waals surface area contributed by atoms with Crippen LogP contribution in [0.5, 0.6) is 0 Å². The molecule has 0 spiro atoms. The van der Waals surface area contributed by atoms with Crippen LogP contribution in [0.4, 0.5) is 5.69 Å². The molecule has 4 heteroatoms. The van der Waals surface area contributed by atoms with Crippen LogP contribution in [0, 0.1) is 5.92 Å². The predicted molar refractivity (Wildman–Crippen MR) is 83.8 cm³/mol. The Bertz CT molecular complexity index is 385. The molecule has 0 amide bonds. The molecule has 1 heterocycles. The maximum Gasteiger partial charge on any atom is 0.0594 e. The van der Waals surface area contributed by atoms with E-state index in [0.717, 1.165) is 45.1 Å². The van der Waals surface area contributed by atoms with Gasteiger partial charge in [0.1, 0.15) is 0 Å². The van der Waals surface area contributed by atoms with Crippen LogP contribution in [0.1, 0.15) is 19.4 Å². The van der Waals surface area contributed by atoms with E-state index in [1.165, 1.54) is 5.56 Å². The molecule has 0 saturated carbocycles. The highest BCUT2D eigenvalue weighted by molar-refractivity contribution is 5.44. The largest absolute Gasteiger partial charge is 0.383 e. The minimum Gasteiger partial charge on any atom is -0.383 e. The lowest BCUT2D eigenvalue weighted by Gasteiger charge is -2.26.